The molecule has 154 valence electrons. The number of carbonyl (C=O) groups excluding carboxylic acids is 2. The van der Waals surface area contributed by atoms with Crippen molar-refractivity contribution in [2.75, 3.05) is 23.7 Å². The van der Waals surface area contributed by atoms with Crippen LogP contribution in [0, 0.1) is 6.92 Å². The Morgan fingerprint density at radius 3 is 2.24 bits per heavy atom. The highest BCUT2D eigenvalue weighted by Crippen LogP contribution is 2.25. The lowest BCUT2D eigenvalue weighted by molar-refractivity contribution is -0.114. The van der Waals surface area contributed by atoms with Gasteiger partial charge in [0.2, 0.25) is 15.9 Å². The van der Waals surface area contributed by atoms with Crippen LogP contribution >= 0.6 is 0 Å². The molecule has 0 unspecified atom stereocenters. The number of sulfonamides is 1. The molecular weight excluding hydrogens is 390 g/mol. The van der Waals surface area contributed by atoms with E-state index in [9.17, 15) is 18.0 Å². The number of nitrogens with zero attached hydrogens (tertiary/aromatic N) is 1. The Balaban J connectivity index is 1.83. The zero-order valence-corrected chi connectivity index (χ0v) is 17.4. The standard InChI is InChI=1S/C21H25N3O4S/c1-15-9-10-17(13-20(15)29(27,28)24-11-4-3-5-12-24)21(26)23-19-8-6-7-18(14-19)22-16(2)25/h6-10,13-14H,3-5,11-12H2,1-2H3,(H,22,25)(H,23,26). The molecule has 2 N–H and O–H groups in total. The lowest BCUT2D eigenvalue weighted by Gasteiger charge is -2.26. The third-order valence-electron chi connectivity index (χ3n) is 4.82. The normalized spacial score (nSPS) is 15.0. The smallest absolute Gasteiger partial charge is 0.255 e. The SMILES string of the molecule is CC(=O)Nc1cccc(NC(=O)c2ccc(C)c(S(=O)(=O)N3CCCCC3)c2)c1. The summed E-state index contributed by atoms with van der Waals surface area (Å²) in [6.07, 6.45) is 2.73. The Bertz CT molecular complexity index is 1030. The van der Waals surface area contributed by atoms with Gasteiger partial charge in [0.1, 0.15) is 0 Å². The van der Waals surface area contributed by atoms with E-state index in [1.165, 1.54) is 17.3 Å². The van der Waals surface area contributed by atoms with Crippen LogP contribution in [0.3, 0.4) is 0 Å². The molecule has 0 bridgehead atoms. The second-order valence-corrected chi connectivity index (χ2v) is 9.07. The predicted octanol–water partition coefficient (Wildman–Crippen LogP) is 3.38. The fraction of sp³-hybridized carbons (Fsp3) is 0.333. The Morgan fingerprint density at radius 1 is 0.931 bits per heavy atom. The molecule has 2 aromatic carbocycles. The number of anilines is 2. The van der Waals surface area contributed by atoms with Crippen LogP contribution in [0.4, 0.5) is 11.4 Å². The molecular formula is C21H25N3O4S. The second-order valence-electron chi connectivity index (χ2n) is 7.16. The molecule has 0 atom stereocenters. The molecule has 1 saturated heterocycles. The number of rotatable bonds is 5. The van der Waals surface area contributed by atoms with E-state index in [4.69, 9.17) is 0 Å². The fourth-order valence-corrected chi connectivity index (χ4v) is 5.11. The second kappa shape index (κ2) is 8.75. The monoisotopic (exact) mass is 415 g/mol. The van der Waals surface area contributed by atoms with Gasteiger partial charge in [0.05, 0.1) is 4.90 Å². The van der Waals surface area contributed by atoms with E-state index in [1.807, 2.05) is 0 Å². The number of piperidine rings is 1. The van der Waals surface area contributed by atoms with Gasteiger partial charge in [-0.25, -0.2) is 8.42 Å². The molecule has 1 heterocycles. The maximum atomic E-state index is 13.0. The van der Waals surface area contributed by atoms with Crippen LogP contribution in [0.1, 0.15) is 42.1 Å². The summed E-state index contributed by atoms with van der Waals surface area (Å²) in [7, 11) is -3.64. The van der Waals surface area contributed by atoms with Crippen molar-refractivity contribution in [3.63, 3.8) is 0 Å². The lowest BCUT2D eigenvalue weighted by atomic mass is 10.1. The van der Waals surface area contributed by atoms with Gasteiger partial charge in [-0.2, -0.15) is 4.31 Å². The van der Waals surface area contributed by atoms with Crippen molar-refractivity contribution >= 4 is 33.2 Å². The van der Waals surface area contributed by atoms with Gasteiger partial charge < -0.3 is 10.6 Å². The number of amides is 2. The summed E-state index contributed by atoms with van der Waals surface area (Å²) in [5.74, 6) is -0.625. The molecule has 1 aliphatic heterocycles. The van der Waals surface area contributed by atoms with Crippen LogP contribution in [0.2, 0.25) is 0 Å². The molecule has 8 heteroatoms. The molecule has 29 heavy (non-hydrogen) atoms. The van der Waals surface area contributed by atoms with Gasteiger partial charge in [-0.3, -0.25) is 9.59 Å². The Kier molecular flexibility index (Phi) is 6.34. The summed E-state index contributed by atoms with van der Waals surface area (Å²) in [6.45, 7) is 4.15. The van der Waals surface area contributed by atoms with Crippen molar-refractivity contribution in [2.45, 2.75) is 38.0 Å². The molecule has 0 aliphatic carbocycles. The summed E-state index contributed by atoms with van der Waals surface area (Å²) in [4.78, 5) is 24.1. The summed E-state index contributed by atoms with van der Waals surface area (Å²) in [6, 6.07) is 11.5. The van der Waals surface area contributed by atoms with E-state index in [-0.39, 0.29) is 16.4 Å². The van der Waals surface area contributed by atoms with E-state index in [1.54, 1.807) is 43.3 Å². The van der Waals surface area contributed by atoms with Crippen molar-refractivity contribution in [2.24, 2.45) is 0 Å². The van der Waals surface area contributed by atoms with E-state index in [0.29, 0.717) is 30.0 Å². The van der Waals surface area contributed by atoms with Gasteiger partial charge in [0.15, 0.2) is 0 Å². The fourth-order valence-electron chi connectivity index (χ4n) is 3.34. The third-order valence-corrected chi connectivity index (χ3v) is 6.86. The highest BCUT2D eigenvalue weighted by molar-refractivity contribution is 7.89. The summed E-state index contributed by atoms with van der Waals surface area (Å²) in [5.41, 5.74) is 1.94. The van der Waals surface area contributed by atoms with Crippen LogP contribution in [-0.2, 0) is 14.8 Å². The maximum Gasteiger partial charge on any atom is 0.255 e. The summed E-state index contributed by atoms with van der Waals surface area (Å²) >= 11 is 0. The number of benzene rings is 2. The molecule has 0 aromatic heterocycles. The minimum atomic E-state index is -3.64. The summed E-state index contributed by atoms with van der Waals surface area (Å²) < 4.78 is 27.6. The number of hydrogen-bond acceptors (Lipinski definition) is 4. The molecule has 2 aromatic rings. The quantitative estimate of drug-likeness (QED) is 0.783. The molecule has 0 saturated carbocycles. The van der Waals surface area contributed by atoms with Crippen molar-refractivity contribution < 1.29 is 18.0 Å². The van der Waals surface area contributed by atoms with E-state index < -0.39 is 15.9 Å². The molecule has 0 spiro atoms. The number of nitrogens with one attached hydrogen (secondary N) is 2. The first-order chi connectivity index (χ1) is 13.8. The molecule has 2 amide bonds. The highest BCUT2D eigenvalue weighted by atomic mass is 32.2. The van der Waals surface area contributed by atoms with Crippen LogP contribution in [0.25, 0.3) is 0 Å². The van der Waals surface area contributed by atoms with E-state index >= 15 is 0 Å². The third kappa shape index (κ3) is 5.02. The zero-order valence-electron chi connectivity index (χ0n) is 16.6. The minimum Gasteiger partial charge on any atom is -0.326 e. The van der Waals surface area contributed by atoms with Gasteiger partial charge in [-0.05, 0) is 55.7 Å². The Morgan fingerprint density at radius 2 is 1.59 bits per heavy atom. The number of carbonyl (C=O) groups is 2. The van der Waals surface area contributed by atoms with Crippen LogP contribution in [-0.4, -0.2) is 37.6 Å². The Labute approximate surface area is 171 Å². The summed E-state index contributed by atoms with van der Waals surface area (Å²) in [5, 5.41) is 5.41. The average Bonchev–Trinajstić information content (AvgIpc) is 2.68. The van der Waals surface area contributed by atoms with Crippen molar-refractivity contribution in [3.05, 3.63) is 53.6 Å². The average molecular weight is 416 g/mol. The number of aryl methyl sites for hydroxylation is 1. The zero-order chi connectivity index (χ0) is 21.0. The van der Waals surface area contributed by atoms with Crippen molar-refractivity contribution in [3.8, 4) is 0 Å². The largest absolute Gasteiger partial charge is 0.326 e. The molecule has 3 rings (SSSR count). The predicted molar refractivity (Wildman–Crippen MR) is 112 cm³/mol. The minimum absolute atomic E-state index is 0.166. The van der Waals surface area contributed by atoms with Crippen LogP contribution < -0.4 is 10.6 Å². The highest BCUT2D eigenvalue weighted by Gasteiger charge is 2.28. The topological polar surface area (TPSA) is 95.6 Å². The first kappa shape index (κ1) is 21.0. The molecule has 1 fully saturated rings. The molecule has 1 aliphatic rings. The Hall–Kier alpha value is -2.71. The van der Waals surface area contributed by atoms with Gasteiger partial charge >= 0.3 is 0 Å². The van der Waals surface area contributed by atoms with Gasteiger partial charge in [-0.15, -0.1) is 0 Å². The first-order valence-corrected chi connectivity index (χ1v) is 11.0. The van der Waals surface area contributed by atoms with E-state index in [0.717, 1.165) is 19.3 Å². The van der Waals surface area contributed by atoms with Crippen LogP contribution in [0.5, 0.6) is 0 Å². The number of hydrogen-bond donors (Lipinski definition) is 2. The van der Waals surface area contributed by atoms with Crippen LogP contribution in [0.15, 0.2) is 47.4 Å². The lowest BCUT2D eigenvalue weighted by Crippen LogP contribution is -2.36. The van der Waals surface area contributed by atoms with Crippen molar-refractivity contribution in [1.82, 2.24) is 4.31 Å². The van der Waals surface area contributed by atoms with Gasteiger partial charge in [-0.1, -0.05) is 18.6 Å². The molecule has 0 radical (unpaired) electrons. The first-order valence-electron chi connectivity index (χ1n) is 9.57. The van der Waals surface area contributed by atoms with Gasteiger partial charge in [0, 0.05) is 37.0 Å². The molecule has 7 nitrogen and oxygen atoms in total. The maximum absolute atomic E-state index is 13.0. The van der Waals surface area contributed by atoms with Crippen molar-refractivity contribution in [1.29, 1.82) is 0 Å². The van der Waals surface area contributed by atoms with E-state index in [2.05, 4.69) is 10.6 Å². The van der Waals surface area contributed by atoms with Gasteiger partial charge in [0.25, 0.3) is 5.91 Å².